The molecule has 1 aromatic carbocycles. The molecular formula is C22H27N3O3. The van der Waals surface area contributed by atoms with E-state index in [9.17, 15) is 4.79 Å². The first-order valence-corrected chi connectivity index (χ1v) is 9.61. The second-order valence-corrected chi connectivity index (χ2v) is 7.60. The summed E-state index contributed by atoms with van der Waals surface area (Å²) in [5.74, 6) is 1.62. The molecule has 3 aromatic rings. The predicted molar refractivity (Wildman–Crippen MR) is 106 cm³/mol. The smallest absolute Gasteiger partial charge is 0.238 e. The van der Waals surface area contributed by atoms with Crippen LogP contribution in [0.15, 0.2) is 51.5 Å². The van der Waals surface area contributed by atoms with Gasteiger partial charge < -0.3 is 14.2 Å². The third-order valence-corrected chi connectivity index (χ3v) is 4.64. The Morgan fingerprint density at radius 3 is 2.43 bits per heavy atom. The maximum absolute atomic E-state index is 13.3. The molecule has 0 fully saturated rings. The van der Waals surface area contributed by atoms with Crippen LogP contribution in [0.25, 0.3) is 0 Å². The summed E-state index contributed by atoms with van der Waals surface area (Å²) in [6, 6.07) is 11.4. The number of furan rings is 1. The zero-order valence-corrected chi connectivity index (χ0v) is 16.8. The van der Waals surface area contributed by atoms with Crippen LogP contribution in [-0.2, 0) is 11.2 Å². The van der Waals surface area contributed by atoms with Crippen LogP contribution in [0.1, 0.15) is 60.9 Å². The minimum absolute atomic E-state index is 0.0817. The van der Waals surface area contributed by atoms with Crippen molar-refractivity contribution in [3.8, 4) is 0 Å². The van der Waals surface area contributed by atoms with Crippen LogP contribution >= 0.6 is 0 Å². The first-order valence-electron chi connectivity index (χ1n) is 9.61. The summed E-state index contributed by atoms with van der Waals surface area (Å²) in [7, 11) is 0. The van der Waals surface area contributed by atoms with Crippen molar-refractivity contribution >= 4 is 5.91 Å². The highest BCUT2D eigenvalue weighted by molar-refractivity contribution is 5.84. The van der Waals surface area contributed by atoms with E-state index < -0.39 is 0 Å². The quantitative estimate of drug-likeness (QED) is 0.621. The first kappa shape index (κ1) is 19.9. The van der Waals surface area contributed by atoms with Crippen LogP contribution in [0, 0.1) is 19.8 Å². The molecule has 2 heterocycles. The first-order chi connectivity index (χ1) is 13.4. The molecule has 3 rings (SSSR count). The summed E-state index contributed by atoms with van der Waals surface area (Å²) in [4.78, 5) is 13.3. The van der Waals surface area contributed by atoms with Crippen LogP contribution < -0.4 is 5.32 Å². The van der Waals surface area contributed by atoms with Gasteiger partial charge in [0.25, 0.3) is 0 Å². The molecule has 2 atom stereocenters. The number of nitrogens with one attached hydrogen (secondary N) is 1. The summed E-state index contributed by atoms with van der Waals surface area (Å²) in [5.41, 5.74) is 2.10. The van der Waals surface area contributed by atoms with E-state index in [-0.39, 0.29) is 17.9 Å². The largest absolute Gasteiger partial charge is 0.469 e. The maximum Gasteiger partial charge on any atom is 0.238 e. The second-order valence-electron chi connectivity index (χ2n) is 7.60. The molecule has 1 amide bonds. The normalized spacial score (nSPS) is 13.5. The van der Waals surface area contributed by atoms with Crippen LogP contribution in [0.3, 0.4) is 0 Å². The lowest BCUT2D eigenvalue weighted by Crippen LogP contribution is -2.34. The van der Waals surface area contributed by atoms with Gasteiger partial charge in [0.05, 0.1) is 12.2 Å². The van der Waals surface area contributed by atoms with Crippen LogP contribution in [0.2, 0.25) is 0 Å². The number of hydrogen-bond acceptors (Lipinski definition) is 5. The molecule has 0 saturated carbocycles. The van der Waals surface area contributed by atoms with Gasteiger partial charge in [-0.15, -0.1) is 10.2 Å². The Labute approximate surface area is 165 Å². The maximum atomic E-state index is 13.3. The van der Waals surface area contributed by atoms with E-state index in [1.54, 1.807) is 13.2 Å². The van der Waals surface area contributed by atoms with Gasteiger partial charge in [0, 0.05) is 13.3 Å². The summed E-state index contributed by atoms with van der Waals surface area (Å²) >= 11 is 0. The number of benzene rings is 1. The summed E-state index contributed by atoms with van der Waals surface area (Å²) < 4.78 is 11.1. The SMILES string of the molecule is Cc1ccc(C(Cc2ccco2)C(=O)NC(CC(C)C)c2nnc(C)o2)cc1. The topological polar surface area (TPSA) is 81.2 Å². The number of aryl methyl sites for hydroxylation is 2. The van der Waals surface area contributed by atoms with Gasteiger partial charge in [-0.1, -0.05) is 43.7 Å². The van der Waals surface area contributed by atoms with E-state index in [4.69, 9.17) is 8.83 Å². The Balaban J connectivity index is 1.85. The molecule has 1 N–H and O–H groups in total. The minimum atomic E-state index is -0.370. The highest BCUT2D eigenvalue weighted by Crippen LogP contribution is 2.26. The number of rotatable bonds is 8. The molecule has 28 heavy (non-hydrogen) atoms. The van der Waals surface area contributed by atoms with Crippen molar-refractivity contribution in [1.29, 1.82) is 0 Å². The second kappa shape index (κ2) is 8.87. The van der Waals surface area contributed by atoms with Gasteiger partial charge in [-0.25, -0.2) is 0 Å². The van der Waals surface area contributed by atoms with Crippen LogP contribution in [0.4, 0.5) is 0 Å². The molecule has 0 aliphatic rings. The molecule has 2 unspecified atom stereocenters. The fourth-order valence-corrected chi connectivity index (χ4v) is 3.21. The lowest BCUT2D eigenvalue weighted by atomic mass is 9.92. The van der Waals surface area contributed by atoms with E-state index in [1.165, 1.54) is 0 Å². The zero-order valence-electron chi connectivity index (χ0n) is 16.8. The van der Waals surface area contributed by atoms with Crippen molar-refractivity contribution in [1.82, 2.24) is 15.5 Å². The fraction of sp³-hybridized carbons (Fsp3) is 0.409. The zero-order chi connectivity index (χ0) is 20.1. The lowest BCUT2D eigenvalue weighted by molar-refractivity contribution is -0.123. The average molecular weight is 381 g/mol. The Hall–Kier alpha value is -2.89. The van der Waals surface area contributed by atoms with Crippen molar-refractivity contribution < 1.29 is 13.6 Å². The number of amides is 1. The standard InChI is InChI=1S/C22H27N3O3/c1-14(2)12-20(22-25-24-16(4)28-22)23-21(26)19(13-18-6-5-11-27-18)17-9-7-15(3)8-10-17/h5-11,14,19-20H,12-13H2,1-4H3,(H,23,26). The molecule has 6 nitrogen and oxygen atoms in total. The van der Waals surface area contributed by atoms with Gasteiger partial charge in [-0.05, 0) is 37.0 Å². The minimum Gasteiger partial charge on any atom is -0.469 e. The molecular weight excluding hydrogens is 354 g/mol. The number of hydrogen-bond donors (Lipinski definition) is 1. The van der Waals surface area contributed by atoms with Gasteiger partial charge >= 0.3 is 0 Å². The Bertz CT molecular complexity index is 882. The van der Waals surface area contributed by atoms with Crippen LogP contribution in [-0.4, -0.2) is 16.1 Å². The summed E-state index contributed by atoms with van der Waals surface area (Å²) in [6.45, 7) is 7.98. The fourth-order valence-electron chi connectivity index (χ4n) is 3.21. The molecule has 0 bridgehead atoms. The lowest BCUT2D eigenvalue weighted by Gasteiger charge is -2.22. The van der Waals surface area contributed by atoms with E-state index in [0.717, 1.165) is 23.3 Å². The van der Waals surface area contributed by atoms with E-state index in [2.05, 4.69) is 29.4 Å². The highest BCUT2D eigenvalue weighted by Gasteiger charge is 2.28. The van der Waals surface area contributed by atoms with Crippen molar-refractivity contribution in [2.24, 2.45) is 5.92 Å². The molecule has 148 valence electrons. The van der Waals surface area contributed by atoms with Gasteiger partial charge in [-0.2, -0.15) is 0 Å². The van der Waals surface area contributed by atoms with Gasteiger partial charge in [0.1, 0.15) is 11.8 Å². The van der Waals surface area contributed by atoms with E-state index >= 15 is 0 Å². The highest BCUT2D eigenvalue weighted by atomic mass is 16.4. The van der Waals surface area contributed by atoms with Crippen molar-refractivity contribution in [2.45, 2.75) is 52.5 Å². The molecule has 0 aliphatic heterocycles. The molecule has 0 spiro atoms. The van der Waals surface area contributed by atoms with Crippen molar-refractivity contribution in [3.05, 3.63) is 71.3 Å². The van der Waals surface area contributed by atoms with E-state index in [0.29, 0.717) is 24.1 Å². The number of carbonyl (C=O) groups is 1. The Morgan fingerprint density at radius 2 is 1.86 bits per heavy atom. The van der Waals surface area contributed by atoms with Gasteiger partial charge in [0.15, 0.2) is 0 Å². The number of carbonyl (C=O) groups excluding carboxylic acids is 1. The van der Waals surface area contributed by atoms with Crippen LogP contribution in [0.5, 0.6) is 0 Å². The van der Waals surface area contributed by atoms with Gasteiger partial charge in [-0.3, -0.25) is 4.79 Å². The summed E-state index contributed by atoms with van der Waals surface area (Å²) in [6.07, 6.45) is 2.83. The predicted octanol–water partition coefficient (Wildman–Crippen LogP) is 4.51. The molecule has 6 heteroatoms. The van der Waals surface area contributed by atoms with Gasteiger partial charge in [0.2, 0.25) is 17.7 Å². The van der Waals surface area contributed by atoms with Crippen molar-refractivity contribution in [3.63, 3.8) is 0 Å². The molecule has 0 aliphatic carbocycles. The monoisotopic (exact) mass is 381 g/mol. The molecule has 2 aromatic heterocycles. The third kappa shape index (κ3) is 5.09. The average Bonchev–Trinajstić information content (AvgIpc) is 3.31. The number of nitrogens with zero attached hydrogens (tertiary/aromatic N) is 2. The summed E-state index contributed by atoms with van der Waals surface area (Å²) in [5, 5.41) is 11.2. The molecule has 0 radical (unpaired) electrons. The van der Waals surface area contributed by atoms with Crippen molar-refractivity contribution in [2.75, 3.05) is 0 Å². The Kier molecular flexibility index (Phi) is 6.29. The number of aromatic nitrogens is 2. The van der Waals surface area contributed by atoms with E-state index in [1.807, 2.05) is 43.3 Å². The molecule has 0 saturated heterocycles. The Morgan fingerprint density at radius 1 is 1.11 bits per heavy atom. The third-order valence-electron chi connectivity index (χ3n) is 4.64.